The van der Waals surface area contributed by atoms with Crippen LogP contribution >= 0.6 is 0 Å². The minimum Gasteiger partial charge on any atom is -0.447 e. The van der Waals surface area contributed by atoms with E-state index in [-0.39, 0.29) is 6.09 Å². The van der Waals surface area contributed by atoms with Crippen LogP contribution in [0.3, 0.4) is 0 Å². The standard InChI is InChI=1S/C20H15N3O2/c24-20-23(10-11-25-20)14-8-9-18-17(12-14)19(22-21-18)16-7-3-5-13-4-1-2-6-15(13)16/h1-9,12H,10-11H2,(H,21,22). The number of carbonyl (C=O) groups excluding carboxylic acids is 1. The molecule has 4 aromatic rings. The van der Waals surface area contributed by atoms with Crippen LogP contribution < -0.4 is 4.90 Å². The summed E-state index contributed by atoms with van der Waals surface area (Å²) in [5, 5.41) is 11.0. The highest BCUT2D eigenvalue weighted by molar-refractivity contribution is 6.04. The summed E-state index contributed by atoms with van der Waals surface area (Å²) in [5.74, 6) is 0. The van der Waals surface area contributed by atoms with Gasteiger partial charge in [0, 0.05) is 16.6 Å². The van der Waals surface area contributed by atoms with Gasteiger partial charge in [-0.1, -0.05) is 42.5 Å². The Morgan fingerprint density at radius 1 is 1.00 bits per heavy atom. The van der Waals surface area contributed by atoms with E-state index in [4.69, 9.17) is 4.74 Å². The SMILES string of the molecule is O=C1OCCN1c1ccc2[nH]nc(-c3cccc4ccccc34)c2c1. The Kier molecular flexibility index (Phi) is 3.00. The Labute approximate surface area is 143 Å². The van der Waals surface area contributed by atoms with Crippen molar-refractivity contribution in [2.45, 2.75) is 0 Å². The molecule has 0 radical (unpaired) electrons. The average Bonchev–Trinajstić information content (AvgIpc) is 3.26. The summed E-state index contributed by atoms with van der Waals surface area (Å²) < 4.78 is 5.05. The Morgan fingerprint density at radius 3 is 2.76 bits per heavy atom. The first-order valence-electron chi connectivity index (χ1n) is 8.22. The van der Waals surface area contributed by atoms with Crippen LogP contribution in [0, 0.1) is 0 Å². The largest absolute Gasteiger partial charge is 0.447 e. The molecule has 3 aromatic carbocycles. The number of ether oxygens (including phenoxy) is 1. The van der Waals surface area contributed by atoms with E-state index < -0.39 is 0 Å². The van der Waals surface area contributed by atoms with E-state index in [2.05, 4.69) is 34.5 Å². The lowest BCUT2D eigenvalue weighted by molar-refractivity contribution is 0.181. The molecule has 2 heterocycles. The molecule has 0 saturated carbocycles. The predicted molar refractivity (Wildman–Crippen MR) is 97.7 cm³/mol. The van der Waals surface area contributed by atoms with E-state index in [9.17, 15) is 4.79 Å². The molecule has 1 amide bonds. The maximum absolute atomic E-state index is 11.9. The van der Waals surface area contributed by atoms with Crippen molar-refractivity contribution in [1.82, 2.24) is 10.2 Å². The Hall–Kier alpha value is -3.34. The fraction of sp³-hybridized carbons (Fsp3) is 0.100. The Bertz CT molecular complexity index is 1110. The number of nitrogens with one attached hydrogen (secondary N) is 1. The number of carbonyl (C=O) groups is 1. The van der Waals surface area contributed by atoms with Gasteiger partial charge < -0.3 is 4.74 Å². The summed E-state index contributed by atoms with van der Waals surface area (Å²) >= 11 is 0. The first-order chi connectivity index (χ1) is 12.3. The van der Waals surface area contributed by atoms with E-state index in [1.807, 2.05) is 36.4 Å². The fourth-order valence-electron chi connectivity index (χ4n) is 3.44. The fourth-order valence-corrected chi connectivity index (χ4v) is 3.44. The number of hydrogen-bond acceptors (Lipinski definition) is 3. The summed E-state index contributed by atoms with van der Waals surface area (Å²) in [4.78, 5) is 13.5. The van der Waals surface area contributed by atoms with Gasteiger partial charge in [0.15, 0.2) is 0 Å². The smallest absolute Gasteiger partial charge is 0.414 e. The summed E-state index contributed by atoms with van der Waals surface area (Å²) in [5.41, 5.74) is 3.74. The number of rotatable bonds is 2. The lowest BCUT2D eigenvalue weighted by Gasteiger charge is -2.12. The van der Waals surface area contributed by atoms with E-state index in [0.29, 0.717) is 13.2 Å². The predicted octanol–water partition coefficient (Wildman–Crippen LogP) is 4.34. The van der Waals surface area contributed by atoms with Gasteiger partial charge in [0.1, 0.15) is 12.3 Å². The van der Waals surface area contributed by atoms with Crippen LogP contribution in [0.5, 0.6) is 0 Å². The summed E-state index contributed by atoms with van der Waals surface area (Å²) in [6.07, 6.45) is -0.297. The van der Waals surface area contributed by atoms with Gasteiger partial charge in [0.2, 0.25) is 0 Å². The molecule has 1 aromatic heterocycles. The zero-order valence-corrected chi connectivity index (χ0v) is 13.4. The number of anilines is 1. The van der Waals surface area contributed by atoms with E-state index in [1.165, 1.54) is 5.39 Å². The van der Waals surface area contributed by atoms with Gasteiger partial charge in [-0.05, 0) is 29.0 Å². The molecule has 5 rings (SSSR count). The van der Waals surface area contributed by atoms with Crippen LogP contribution in [0.15, 0.2) is 60.7 Å². The number of nitrogens with zero attached hydrogens (tertiary/aromatic N) is 2. The van der Waals surface area contributed by atoms with Crippen molar-refractivity contribution in [1.29, 1.82) is 0 Å². The molecule has 1 aliphatic rings. The maximum Gasteiger partial charge on any atom is 0.414 e. The van der Waals surface area contributed by atoms with E-state index >= 15 is 0 Å². The molecular formula is C20H15N3O2. The molecule has 1 aliphatic heterocycles. The molecule has 1 N–H and O–H groups in total. The third-order valence-corrected chi connectivity index (χ3v) is 4.66. The topological polar surface area (TPSA) is 58.2 Å². The highest BCUT2D eigenvalue weighted by Gasteiger charge is 2.24. The number of fused-ring (bicyclic) bond motifs is 2. The van der Waals surface area contributed by atoms with Crippen molar-refractivity contribution >= 4 is 33.5 Å². The lowest BCUT2D eigenvalue weighted by Crippen LogP contribution is -2.23. The summed E-state index contributed by atoms with van der Waals surface area (Å²) in [6.45, 7) is 1.00. The first-order valence-corrected chi connectivity index (χ1v) is 8.22. The van der Waals surface area contributed by atoms with Crippen LogP contribution in [0.1, 0.15) is 0 Å². The third-order valence-electron chi connectivity index (χ3n) is 4.66. The molecule has 25 heavy (non-hydrogen) atoms. The molecular weight excluding hydrogens is 314 g/mol. The summed E-state index contributed by atoms with van der Waals surface area (Å²) in [7, 11) is 0. The average molecular weight is 329 g/mol. The first kappa shape index (κ1) is 14.0. The molecule has 0 bridgehead atoms. The minimum absolute atomic E-state index is 0.297. The second-order valence-corrected chi connectivity index (χ2v) is 6.09. The second-order valence-electron chi connectivity index (χ2n) is 6.09. The monoisotopic (exact) mass is 329 g/mol. The molecule has 1 saturated heterocycles. The number of cyclic esters (lactones) is 1. The van der Waals surface area contributed by atoms with Crippen molar-refractivity contribution in [3.8, 4) is 11.3 Å². The normalized spacial score (nSPS) is 14.4. The highest BCUT2D eigenvalue weighted by Crippen LogP contribution is 2.34. The lowest BCUT2D eigenvalue weighted by atomic mass is 10.00. The van der Waals surface area contributed by atoms with Crippen LogP contribution in [-0.4, -0.2) is 29.4 Å². The van der Waals surface area contributed by atoms with Crippen LogP contribution in [0.2, 0.25) is 0 Å². The van der Waals surface area contributed by atoms with Gasteiger partial charge in [-0.3, -0.25) is 10.00 Å². The van der Waals surface area contributed by atoms with Crippen LogP contribution in [-0.2, 0) is 4.74 Å². The zero-order valence-electron chi connectivity index (χ0n) is 13.4. The molecule has 1 fully saturated rings. The van der Waals surface area contributed by atoms with Gasteiger partial charge in [-0.2, -0.15) is 5.10 Å². The molecule has 0 aliphatic carbocycles. The number of hydrogen-bond donors (Lipinski definition) is 1. The van der Waals surface area contributed by atoms with Gasteiger partial charge in [-0.15, -0.1) is 0 Å². The van der Waals surface area contributed by atoms with Gasteiger partial charge in [0.05, 0.1) is 12.1 Å². The number of amides is 1. The van der Waals surface area contributed by atoms with Crippen molar-refractivity contribution in [2.24, 2.45) is 0 Å². The van der Waals surface area contributed by atoms with Gasteiger partial charge in [-0.25, -0.2) is 4.79 Å². The number of H-pyrrole nitrogens is 1. The Morgan fingerprint density at radius 2 is 1.88 bits per heavy atom. The van der Waals surface area contributed by atoms with Crippen molar-refractivity contribution in [2.75, 3.05) is 18.1 Å². The maximum atomic E-state index is 11.9. The highest BCUT2D eigenvalue weighted by atomic mass is 16.6. The second kappa shape index (κ2) is 5.34. The molecule has 0 atom stereocenters. The van der Waals surface area contributed by atoms with Gasteiger partial charge in [0.25, 0.3) is 0 Å². The number of aromatic nitrogens is 2. The number of aromatic amines is 1. The van der Waals surface area contributed by atoms with Crippen molar-refractivity contribution in [3.05, 3.63) is 60.7 Å². The molecule has 0 unspecified atom stereocenters. The zero-order chi connectivity index (χ0) is 16.8. The van der Waals surface area contributed by atoms with E-state index in [1.54, 1.807) is 4.90 Å². The third kappa shape index (κ3) is 2.16. The minimum atomic E-state index is -0.297. The van der Waals surface area contributed by atoms with Crippen molar-refractivity contribution in [3.63, 3.8) is 0 Å². The number of benzene rings is 3. The molecule has 0 spiro atoms. The van der Waals surface area contributed by atoms with E-state index in [0.717, 1.165) is 33.2 Å². The summed E-state index contributed by atoms with van der Waals surface area (Å²) in [6, 6.07) is 20.4. The van der Waals surface area contributed by atoms with Crippen molar-refractivity contribution < 1.29 is 9.53 Å². The quantitative estimate of drug-likeness (QED) is 0.595. The van der Waals surface area contributed by atoms with Crippen LogP contribution in [0.4, 0.5) is 10.5 Å². The molecule has 122 valence electrons. The molecule has 5 heteroatoms. The van der Waals surface area contributed by atoms with Crippen LogP contribution in [0.25, 0.3) is 32.9 Å². The Balaban J connectivity index is 1.72. The van der Waals surface area contributed by atoms with Gasteiger partial charge >= 0.3 is 6.09 Å². The molecule has 5 nitrogen and oxygen atoms in total.